The van der Waals surface area contributed by atoms with Crippen LogP contribution in [0, 0.1) is 0 Å². The SMILES string of the molecule is CC[C@H]1CN(C(=O)c2ncncc2Cl)c2cccc(Cl)c2O1. The molecule has 22 heavy (non-hydrogen) atoms. The fourth-order valence-corrected chi connectivity index (χ4v) is 2.74. The zero-order chi connectivity index (χ0) is 15.7. The van der Waals surface area contributed by atoms with Crippen LogP contribution in [-0.4, -0.2) is 28.5 Å². The first-order valence-corrected chi connectivity index (χ1v) is 7.60. The summed E-state index contributed by atoms with van der Waals surface area (Å²) >= 11 is 12.2. The lowest BCUT2D eigenvalue weighted by atomic mass is 10.1. The van der Waals surface area contributed by atoms with Gasteiger partial charge in [0.05, 0.1) is 22.3 Å². The molecule has 0 radical (unpaired) electrons. The summed E-state index contributed by atoms with van der Waals surface area (Å²) in [6.07, 6.45) is 3.33. The minimum absolute atomic E-state index is 0.128. The number of halogens is 2. The first-order valence-electron chi connectivity index (χ1n) is 6.84. The van der Waals surface area contributed by atoms with E-state index in [1.165, 1.54) is 12.5 Å². The van der Waals surface area contributed by atoms with E-state index < -0.39 is 0 Å². The summed E-state index contributed by atoms with van der Waals surface area (Å²) in [6, 6.07) is 5.30. The minimum atomic E-state index is -0.294. The maximum absolute atomic E-state index is 12.8. The highest BCUT2D eigenvalue weighted by Crippen LogP contribution is 2.40. The molecular weight excluding hydrogens is 325 g/mol. The minimum Gasteiger partial charge on any atom is -0.485 e. The van der Waals surface area contributed by atoms with Crippen LogP contribution in [0.15, 0.2) is 30.7 Å². The van der Waals surface area contributed by atoms with Gasteiger partial charge in [-0.2, -0.15) is 0 Å². The van der Waals surface area contributed by atoms with Crippen LogP contribution in [0.25, 0.3) is 0 Å². The molecule has 0 N–H and O–H groups in total. The van der Waals surface area contributed by atoms with Gasteiger partial charge in [0.1, 0.15) is 12.4 Å². The molecule has 1 amide bonds. The number of aromatic nitrogens is 2. The van der Waals surface area contributed by atoms with Crippen molar-refractivity contribution in [3.8, 4) is 5.75 Å². The zero-order valence-corrected chi connectivity index (χ0v) is 13.3. The van der Waals surface area contributed by atoms with E-state index in [9.17, 15) is 4.79 Å². The number of rotatable bonds is 2. The van der Waals surface area contributed by atoms with Gasteiger partial charge in [-0.3, -0.25) is 9.69 Å². The van der Waals surface area contributed by atoms with Crippen LogP contribution in [-0.2, 0) is 0 Å². The summed E-state index contributed by atoms with van der Waals surface area (Å²) < 4.78 is 5.87. The van der Waals surface area contributed by atoms with Gasteiger partial charge in [0.15, 0.2) is 11.4 Å². The Balaban J connectivity index is 2.05. The molecule has 5 nitrogen and oxygen atoms in total. The van der Waals surface area contributed by atoms with Gasteiger partial charge in [0, 0.05) is 6.20 Å². The Morgan fingerprint density at radius 2 is 2.23 bits per heavy atom. The van der Waals surface area contributed by atoms with Crippen LogP contribution >= 0.6 is 23.2 Å². The fourth-order valence-electron chi connectivity index (χ4n) is 2.34. The quantitative estimate of drug-likeness (QED) is 0.840. The number of nitrogens with zero attached hydrogens (tertiary/aromatic N) is 3. The first kappa shape index (κ1) is 15.1. The molecule has 0 bridgehead atoms. The molecule has 0 unspecified atom stereocenters. The van der Waals surface area contributed by atoms with Crippen molar-refractivity contribution in [1.82, 2.24) is 9.97 Å². The van der Waals surface area contributed by atoms with Gasteiger partial charge in [-0.05, 0) is 18.6 Å². The first-order chi connectivity index (χ1) is 10.6. The van der Waals surface area contributed by atoms with Gasteiger partial charge in [-0.1, -0.05) is 36.2 Å². The average Bonchev–Trinajstić information content (AvgIpc) is 2.54. The topological polar surface area (TPSA) is 55.3 Å². The number of ether oxygens (including phenoxy) is 1. The van der Waals surface area contributed by atoms with E-state index in [1.54, 1.807) is 23.1 Å². The predicted molar refractivity (Wildman–Crippen MR) is 84.9 cm³/mol. The number of amides is 1. The number of carbonyl (C=O) groups excluding carboxylic acids is 1. The summed E-state index contributed by atoms with van der Waals surface area (Å²) in [5, 5.41) is 0.692. The Morgan fingerprint density at radius 1 is 1.41 bits per heavy atom. The average molecular weight is 338 g/mol. The molecule has 0 saturated heterocycles. The van der Waals surface area contributed by atoms with Gasteiger partial charge in [0.25, 0.3) is 5.91 Å². The van der Waals surface area contributed by atoms with E-state index in [2.05, 4.69) is 9.97 Å². The molecule has 0 spiro atoms. The molecule has 2 aromatic rings. The second-order valence-corrected chi connectivity index (χ2v) is 5.69. The Morgan fingerprint density at radius 3 is 2.95 bits per heavy atom. The lowest BCUT2D eigenvalue weighted by molar-refractivity contribution is 0.0949. The molecular formula is C15H13Cl2N3O2. The van der Waals surface area contributed by atoms with Crippen molar-refractivity contribution in [3.05, 3.63) is 46.5 Å². The Kier molecular flexibility index (Phi) is 4.18. The van der Waals surface area contributed by atoms with E-state index in [-0.39, 0.29) is 22.7 Å². The Hall–Kier alpha value is -1.85. The molecule has 0 fully saturated rings. The van der Waals surface area contributed by atoms with Crippen LogP contribution in [0.4, 0.5) is 5.69 Å². The maximum atomic E-state index is 12.8. The predicted octanol–water partition coefficient (Wildman–Crippen LogP) is 3.60. The standard InChI is InChI=1S/C15H13Cl2N3O2/c1-2-9-7-20(12-5-3-4-10(16)14(12)22-9)15(21)13-11(17)6-18-8-19-13/h3-6,8-9H,2,7H2,1H3/t9-/m0/s1. The molecule has 7 heteroatoms. The molecule has 1 aromatic carbocycles. The monoisotopic (exact) mass is 337 g/mol. The van der Waals surface area contributed by atoms with E-state index in [4.69, 9.17) is 27.9 Å². The van der Waals surface area contributed by atoms with E-state index in [1.807, 2.05) is 6.92 Å². The van der Waals surface area contributed by atoms with Gasteiger partial charge < -0.3 is 4.74 Å². The van der Waals surface area contributed by atoms with Crippen molar-refractivity contribution in [1.29, 1.82) is 0 Å². The van der Waals surface area contributed by atoms with Crippen molar-refractivity contribution >= 4 is 34.8 Å². The van der Waals surface area contributed by atoms with Gasteiger partial charge in [0.2, 0.25) is 0 Å². The van der Waals surface area contributed by atoms with E-state index >= 15 is 0 Å². The van der Waals surface area contributed by atoms with Crippen molar-refractivity contribution in [2.45, 2.75) is 19.4 Å². The van der Waals surface area contributed by atoms with Crippen LogP contribution in [0.1, 0.15) is 23.8 Å². The third-order valence-corrected chi connectivity index (χ3v) is 4.05. The largest absolute Gasteiger partial charge is 0.485 e. The third-order valence-electron chi connectivity index (χ3n) is 3.48. The molecule has 1 aliphatic heterocycles. The van der Waals surface area contributed by atoms with Crippen molar-refractivity contribution in [2.75, 3.05) is 11.4 Å². The van der Waals surface area contributed by atoms with Crippen molar-refractivity contribution in [2.24, 2.45) is 0 Å². The normalized spacial score (nSPS) is 16.9. The van der Waals surface area contributed by atoms with E-state index in [0.717, 1.165) is 6.42 Å². The molecule has 2 heterocycles. The lowest BCUT2D eigenvalue weighted by Gasteiger charge is -2.34. The summed E-state index contributed by atoms with van der Waals surface area (Å²) in [6.45, 7) is 2.41. The van der Waals surface area contributed by atoms with Crippen LogP contribution < -0.4 is 9.64 Å². The molecule has 1 atom stereocenters. The third kappa shape index (κ3) is 2.62. The van der Waals surface area contributed by atoms with E-state index in [0.29, 0.717) is 23.0 Å². The fraction of sp³-hybridized carbons (Fsp3) is 0.267. The van der Waals surface area contributed by atoms with Crippen LogP contribution in [0.2, 0.25) is 10.0 Å². The van der Waals surface area contributed by atoms with Crippen molar-refractivity contribution < 1.29 is 9.53 Å². The summed E-state index contributed by atoms with van der Waals surface area (Å²) in [7, 11) is 0. The molecule has 1 aromatic heterocycles. The molecule has 114 valence electrons. The number of anilines is 1. The molecule has 0 saturated carbocycles. The lowest BCUT2D eigenvalue weighted by Crippen LogP contribution is -2.43. The van der Waals surface area contributed by atoms with Crippen LogP contribution in [0.5, 0.6) is 5.75 Å². The second kappa shape index (κ2) is 6.10. The highest BCUT2D eigenvalue weighted by atomic mass is 35.5. The van der Waals surface area contributed by atoms with Gasteiger partial charge >= 0.3 is 0 Å². The second-order valence-electron chi connectivity index (χ2n) is 4.87. The maximum Gasteiger partial charge on any atom is 0.278 e. The van der Waals surface area contributed by atoms with Crippen molar-refractivity contribution in [3.63, 3.8) is 0 Å². The molecule has 0 aliphatic carbocycles. The Bertz CT molecular complexity index is 724. The molecule has 1 aliphatic rings. The van der Waals surface area contributed by atoms with Gasteiger partial charge in [-0.15, -0.1) is 0 Å². The number of benzene rings is 1. The smallest absolute Gasteiger partial charge is 0.278 e. The summed E-state index contributed by atoms with van der Waals surface area (Å²) in [5.41, 5.74) is 0.788. The highest BCUT2D eigenvalue weighted by Gasteiger charge is 2.32. The zero-order valence-electron chi connectivity index (χ0n) is 11.8. The summed E-state index contributed by atoms with van der Waals surface area (Å²) in [4.78, 5) is 22.2. The number of hydrogen-bond donors (Lipinski definition) is 0. The number of carbonyl (C=O) groups is 1. The van der Waals surface area contributed by atoms with Crippen LogP contribution in [0.3, 0.4) is 0 Å². The molecule has 3 rings (SSSR count). The summed E-state index contributed by atoms with van der Waals surface area (Å²) in [5.74, 6) is 0.221. The Labute approximate surface area is 137 Å². The van der Waals surface area contributed by atoms with Gasteiger partial charge in [-0.25, -0.2) is 9.97 Å². The highest BCUT2D eigenvalue weighted by molar-refractivity contribution is 6.34. The number of para-hydroxylation sites is 1. The number of hydrogen-bond acceptors (Lipinski definition) is 4. The number of fused-ring (bicyclic) bond motifs is 1.